The van der Waals surface area contributed by atoms with Crippen molar-refractivity contribution in [3.8, 4) is 0 Å². The lowest BCUT2D eigenvalue weighted by Gasteiger charge is -2.16. The number of esters is 1. The Hall–Kier alpha value is -4.03. The second-order valence-electron chi connectivity index (χ2n) is 7.53. The Labute approximate surface area is 193 Å². The summed E-state index contributed by atoms with van der Waals surface area (Å²) in [4.78, 5) is 28.7. The molecule has 1 atom stereocenters. The number of aliphatic imine (C=N–C) groups is 1. The molecular formula is C27H27N3O3. The molecule has 3 rings (SSSR count). The molecule has 0 aliphatic heterocycles. The highest BCUT2D eigenvalue weighted by atomic mass is 16.5. The maximum atomic E-state index is 12.9. The molecule has 0 fully saturated rings. The van der Waals surface area contributed by atoms with E-state index in [0.717, 1.165) is 22.3 Å². The molecule has 0 saturated carbocycles. The fourth-order valence-corrected chi connectivity index (χ4v) is 3.31. The summed E-state index contributed by atoms with van der Waals surface area (Å²) in [7, 11) is 0. The number of nitrogens with one attached hydrogen (secondary N) is 1. The Kier molecular flexibility index (Phi) is 8.27. The van der Waals surface area contributed by atoms with E-state index in [1.807, 2.05) is 61.5 Å². The first-order valence-corrected chi connectivity index (χ1v) is 10.6. The molecule has 3 N–H and O–H groups in total. The molecule has 0 bridgehead atoms. The summed E-state index contributed by atoms with van der Waals surface area (Å²) in [6, 6.07) is 21.8. The molecule has 33 heavy (non-hydrogen) atoms. The van der Waals surface area contributed by atoms with Crippen molar-refractivity contribution < 1.29 is 14.3 Å². The summed E-state index contributed by atoms with van der Waals surface area (Å²) in [6.07, 6.45) is 3.44. The lowest BCUT2D eigenvalue weighted by molar-refractivity contribution is -0.117. The molecule has 0 aromatic heterocycles. The molecule has 1 amide bonds. The molecule has 3 aromatic carbocycles. The van der Waals surface area contributed by atoms with Crippen molar-refractivity contribution in [2.75, 3.05) is 11.9 Å². The van der Waals surface area contributed by atoms with Crippen molar-refractivity contribution in [1.29, 1.82) is 0 Å². The van der Waals surface area contributed by atoms with Gasteiger partial charge in [-0.15, -0.1) is 0 Å². The quantitative estimate of drug-likeness (QED) is 0.372. The van der Waals surface area contributed by atoms with Gasteiger partial charge in [-0.05, 0) is 66.2 Å². The number of ether oxygens (including phenoxy) is 1. The number of nitrogens with zero attached hydrogens (tertiary/aromatic N) is 1. The van der Waals surface area contributed by atoms with Crippen LogP contribution >= 0.6 is 0 Å². The zero-order valence-corrected chi connectivity index (χ0v) is 18.5. The minimum atomic E-state index is -0.513. The van der Waals surface area contributed by atoms with E-state index in [-0.39, 0.29) is 25.0 Å². The Morgan fingerprint density at radius 2 is 1.82 bits per heavy atom. The van der Waals surface area contributed by atoms with E-state index >= 15 is 0 Å². The van der Waals surface area contributed by atoms with Crippen LogP contribution in [0, 0.1) is 6.92 Å². The molecule has 0 radical (unpaired) electrons. The van der Waals surface area contributed by atoms with Crippen molar-refractivity contribution in [3.63, 3.8) is 0 Å². The minimum absolute atomic E-state index is 0.146. The number of benzene rings is 3. The third-order valence-electron chi connectivity index (χ3n) is 5.22. The minimum Gasteiger partial charge on any atom is -0.457 e. The van der Waals surface area contributed by atoms with Crippen molar-refractivity contribution in [3.05, 3.63) is 107 Å². The van der Waals surface area contributed by atoms with E-state index in [1.165, 1.54) is 0 Å². The van der Waals surface area contributed by atoms with Crippen LogP contribution in [-0.2, 0) is 16.1 Å². The number of amides is 1. The van der Waals surface area contributed by atoms with Gasteiger partial charge < -0.3 is 15.8 Å². The predicted octanol–water partition coefficient (Wildman–Crippen LogP) is 4.70. The number of hydrogen-bond acceptors (Lipinski definition) is 5. The van der Waals surface area contributed by atoms with E-state index < -0.39 is 5.92 Å². The van der Waals surface area contributed by atoms with E-state index in [4.69, 9.17) is 10.5 Å². The molecule has 0 aliphatic rings. The van der Waals surface area contributed by atoms with Gasteiger partial charge >= 0.3 is 5.97 Å². The number of rotatable bonds is 9. The van der Waals surface area contributed by atoms with Gasteiger partial charge in [0.2, 0.25) is 5.91 Å². The third-order valence-corrected chi connectivity index (χ3v) is 5.22. The summed E-state index contributed by atoms with van der Waals surface area (Å²) < 4.78 is 5.36. The normalized spacial score (nSPS) is 11.7. The maximum Gasteiger partial charge on any atom is 0.338 e. The van der Waals surface area contributed by atoms with Gasteiger partial charge in [0.05, 0.1) is 11.5 Å². The van der Waals surface area contributed by atoms with Crippen molar-refractivity contribution in [2.45, 2.75) is 19.4 Å². The fourth-order valence-electron chi connectivity index (χ4n) is 3.31. The number of hydrogen-bond donors (Lipinski definition) is 2. The highest BCUT2D eigenvalue weighted by molar-refractivity contribution is 5.96. The number of nitrogens with two attached hydrogens (primary N) is 1. The molecule has 6 nitrogen and oxygen atoms in total. The number of carbonyl (C=O) groups excluding carboxylic acids is 2. The Morgan fingerprint density at radius 3 is 2.48 bits per heavy atom. The first kappa shape index (κ1) is 23.6. The van der Waals surface area contributed by atoms with Crippen molar-refractivity contribution >= 4 is 30.4 Å². The monoisotopic (exact) mass is 441 g/mol. The van der Waals surface area contributed by atoms with Crippen LogP contribution in [0.15, 0.2) is 84.0 Å². The fraction of sp³-hybridized carbons (Fsp3) is 0.148. The van der Waals surface area contributed by atoms with Gasteiger partial charge in [0, 0.05) is 18.4 Å². The largest absolute Gasteiger partial charge is 0.457 e. The summed E-state index contributed by atoms with van der Waals surface area (Å²) in [5.41, 5.74) is 10.7. The van der Waals surface area contributed by atoms with Crippen molar-refractivity contribution in [1.82, 2.24) is 0 Å². The molecule has 0 aliphatic carbocycles. The standard InChI is InChI=1S/C27H27N3O3/c1-19-8-13-24(16-23(19)14-15-29-2)30-26(31)25(17-28)21-11-9-20(10-12-21)18-33-27(32)22-6-4-3-5-7-22/h3-16,25H,2,17-18,28H2,1H3,(H,30,31)/b15-14-/t25-/m1/s1. The van der Waals surface area contributed by atoms with Crippen LogP contribution in [0.1, 0.15) is 38.5 Å². The van der Waals surface area contributed by atoms with Gasteiger partial charge in [-0.1, -0.05) is 48.5 Å². The smallest absolute Gasteiger partial charge is 0.338 e. The predicted molar refractivity (Wildman–Crippen MR) is 132 cm³/mol. The van der Waals surface area contributed by atoms with Gasteiger partial charge in [-0.2, -0.15) is 0 Å². The third kappa shape index (κ3) is 6.48. The summed E-state index contributed by atoms with van der Waals surface area (Å²) in [5, 5.41) is 2.94. The zero-order valence-electron chi connectivity index (χ0n) is 18.5. The Bertz CT molecular complexity index is 1140. The van der Waals surface area contributed by atoms with Gasteiger partial charge in [0.15, 0.2) is 0 Å². The van der Waals surface area contributed by atoms with Crippen LogP contribution in [0.3, 0.4) is 0 Å². The van der Waals surface area contributed by atoms with E-state index in [0.29, 0.717) is 11.3 Å². The molecule has 0 unspecified atom stereocenters. The highest BCUT2D eigenvalue weighted by Crippen LogP contribution is 2.21. The second kappa shape index (κ2) is 11.5. The number of anilines is 1. The lowest BCUT2D eigenvalue weighted by atomic mass is 9.97. The topological polar surface area (TPSA) is 93.8 Å². The van der Waals surface area contributed by atoms with E-state index in [9.17, 15) is 9.59 Å². The Balaban J connectivity index is 1.64. The van der Waals surface area contributed by atoms with Crippen LogP contribution in [0.5, 0.6) is 0 Å². The summed E-state index contributed by atoms with van der Waals surface area (Å²) >= 11 is 0. The van der Waals surface area contributed by atoms with Crippen molar-refractivity contribution in [2.24, 2.45) is 10.7 Å². The first-order valence-electron chi connectivity index (χ1n) is 10.6. The average molecular weight is 442 g/mol. The van der Waals surface area contributed by atoms with Crippen LogP contribution in [0.2, 0.25) is 0 Å². The van der Waals surface area contributed by atoms with Gasteiger partial charge in [0.25, 0.3) is 0 Å². The zero-order chi connectivity index (χ0) is 23.6. The molecule has 0 saturated heterocycles. The average Bonchev–Trinajstić information content (AvgIpc) is 2.84. The van der Waals surface area contributed by atoms with Gasteiger partial charge in [-0.3, -0.25) is 9.79 Å². The van der Waals surface area contributed by atoms with Crippen LogP contribution in [0.4, 0.5) is 5.69 Å². The van der Waals surface area contributed by atoms with Gasteiger partial charge in [-0.25, -0.2) is 4.79 Å². The van der Waals surface area contributed by atoms with Crippen LogP contribution in [-0.4, -0.2) is 25.1 Å². The summed E-state index contributed by atoms with van der Waals surface area (Å²) in [5.74, 6) is -1.09. The maximum absolute atomic E-state index is 12.9. The van der Waals surface area contributed by atoms with E-state index in [2.05, 4.69) is 17.0 Å². The molecule has 3 aromatic rings. The lowest BCUT2D eigenvalue weighted by Crippen LogP contribution is -2.27. The first-order chi connectivity index (χ1) is 16.0. The highest BCUT2D eigenvalue weighted by Gasteiger charge is 2.19. The van der Waals surface area contributed by atoms with Crippen LogP contribution in [0.25, 0.3) is 6.08 Å². The second-order valence-corrected chi connectivity index (χ2v) is 7.53. The molecule has 0 heterocycles. The molecule has 0 spiro atoms. The summed E-state index contributed by atoms with van der Waals surface area (Å²) in [6.45, 7) is 5.73. The Morgan fingerprint density at radius 1 is 1.09 bits per heavy atom. The number of carbonyl (C=O) groups is 2. The number of aryl methyl sites for hydroxylation is 1. The van der Waals surface area contributed by atoms with E-state index in [1.54, 1.807) is 30.5 Å². The van der Waals surface area contributed by atoms with Gasteiger partial charge in [0.1, 0.15) is 6.61 Å². The van der Waals surface area contributed by atoms with Crippen LogP contribution < -0.4 is 11.1 Å². The molecule has 6 heteroatoms. The molecule has 168 valence electrons. The SMILES string of the molecule is C=N/C=C\c1cc(NC(=O)[C@H](CN)c2ccc(COC(=O)c3ccccc3)cc2)ccc1C. The molecular weight excluding hydrogens is 414 g/mol.